The Bertz CT molecular complexity index is 187. The maximum Gasteiger partial charge on any atom is 1.00 e. The van der Waals surface area contributed by atoms with Gasteiger partial charge in [0, 0.05) is 6.42 Å². The molecule has 0 saturated carbocycles. The molecule has 0 aliphatic heterocycles. The van der Waals surface area contributed by atoms with Crippen LogP contribution in [0.15, 0.2) is 0 Å². The summed E-state index contributed by atoms with van der Waals surface area (Å²) >= 11 is 0. The van der Waals surface area contributed by atoms with Crippen LogP contribution in [0.1, 0.15) is 33.1 Å². The average molecular weight is 250 g/mol. The Labute approximate surface area is 131 Å². The molecule has 84 valence electrons. The van der Waals surface area contributed by atoms with Crippen molar-refractivity contribution < 1.29 is 73.9 Å². The first kappa shape index (κ1) is 18.3. The van der Waals surface area contributed by atoms with Gasteiger partial charge < -0.3 is 17.7 Å². The van der Waals surface area contributed by atoms with Gasteiger partial charge >= 0.3 is 64.3 Å². The van der Waals surface area contributed by atoms with Gasteiger partial charge in [0.05, 0.1) is 6.61 Å². The van der Waals surface area contributed by atoms with Gasteiger partial charge in [-0.3, -0.25) is 4.79 Å². The van der Waals surface area contributed by atoms with E-state index in [0.29, 0.717) is 6.42 Å². The van der Waals surface area contributed by atoms with Crippen LogP contribution in [0.5, 0.6) is 0 Å². The van der Waals surface area contributed by atoms with E-state index >= 15 is 0 Å². The van der Waals surface area contributed by atoms with E-state index < -0.39 is 25.2 Å². The Hall–Kier alpha value is 0.961. The Kier molecular flexibility index (Phi) is 11.0. The summed E-state index contributed by atoms with van der Waals surface area (Å²) in [7, 11) is 0. The van der Waals surface area contributed by atoms with E-state index in [1.165, 1.54) is 0 Å². The second kappa shape index (κ2) is 9.04. The molecule has 0 N–H and O–H groups in total. The standard InChI is InChI=1S/C8H15BF3O2.K/c1-3-5-7(9(10,11)12)6-8(13)14-4-2;/h7H,3-6H2,1-2H3;/q-1;+1. The fourth-order valence-electron chi connectivity index (χ4n) is 1.23. The summed E-state index contributed by atoms with van der Waals surface area (Å²) in [6.07, 6.45) is -0.112. The zero-order valence-electron chi connectivity index (χ0n) is 9.43. The smallest absolute Gasteiger partial charge is 0.466 e. The van der Waals surface area contributed by atoms with Crippen molar-refractivity contribution in [2.45, 2.75) is 38.9 Å². The zero-order valence-corrected chi connectivity index (χ0v) is 12.6. The number of rotatable bonds is 6. The van der Waals surface area contributed by atoms with E-state index in [1.807, 2.05) is 0 Å². The summed E-state index contributed by atoms with van der Waals surface area (Å²) in [4.78, 5) is 10.9. The van der Waals surface area contributed by atoms with Gasteiger partial charge in [-0.1, -0.05) is 25.6 Å². The predicted octanol–water partition coefficient (Wildman–Crippen LogP) is -0.0387. The number of carbonyl (C=O) groups is 1. The van der Waals surface area contributed by atoms with E-state index in [1.54, 1.807) is 13.8 Å². The minimum atomic E-state index is -4.93. The van der Waals surface area contributed by atoms with Gasteiger partial charge in [0.2, 0.25) is 0 Å². The van der Waals surface area contributed by atoms with Crippen LogP contribution in [-0.2, 0) is 9.53 Å². The molecular weight excluding hydrogens is 235 g/mol. The molecule has 0 rings (SSSR count). The molecule has 0 aromatic rings. The molecule has 0 fully saturated rings. The maximum absolute atomic E-state index is 12.4. The second-order valence-electron chi connectivity index (χ2n) is 3.18. The molecule has 0 radical (unpaired) electrons. The fourth-order valence-corrected chi connectivity index (χ4v) is 1.23. The molecule has 2 nitrogen and oxygen atoms in total. The van der Waals surface area contributed by atoms with E-state index in [-0.39, 0.29) is 64.4 Å². The van der Waals surface area contributed by atoms with Crippen molar-refractivity contribution in [1.29, 1.82) is 0 Å². The molecule has 1 atom stereocenters. The van der Waals surface area contributed by atoms with E-state index in [2.05, 4.69) is 4.74 Å². The molecule has 1 unspecified atom stereocenters. The van der Waals surface area contributed by atoms with Crippen LogP contribution >= 0.6 is 0 Å². The van der Waals surface area contributed by atoms with Crippen molar-refractivity contribution >= 4 is 12.9 Å². The number of ether oxygens (including phenoxy) is 1. The SMILES string of the molecule is CCCC(CC(=O)OCC)[B-](F)(F)F.[K+]. The third-order valence-corrected chi connectivity index (χ3v) is 1.93. The molecule has 0 aromatic heterocycles. The molecule has 0 amide bonds. The van der Waals surface area contributed by atoms with Gasteiger partial charge in [-0.05, 0) is 6.92 Å². The van der Waals surface area contributed by atoms with Crippen LogP contribution in [-0.4, -0.2) is 19.6 Å². The van der Waals surface area contributed by atoms with Gasteiger partial charge in [-0.2, -0.15) is 0 Å². The molecule has 0 aliphatic rings. The monoisotopic (exact) mass is 250 g/mol. The van der Waals surface area contributed by atoms with E-state index in [9.17, 15) is 17.7 Å². The molecule has 0 aliphatic carbocycles. The molecule has 0 spiro atoms. The quantitative estimate of drug-likeness (QED) is 0.488. The zero-order chi connectivity index (χ0) is 11.2. The predicted molar refractivity (Wildman–Crippen MR) is 49.0 cm³/mol. The first-order valence-electron chi connectivity index (χ1n) is 4.77. The number of halogens is 3. The summed E-state index contributed by atoms with van der Waals surface area (Å²) < 4.78 is 41.6. The summed E-state index contributed by atoms with van der Waals surface area (Å²) in [5, 5.41) is 0. The number of esters is 1. The van der Waals surface area contributed by atoms with Crippen LogP contribution in [0.2, 0.25) is 5.82 Å². The first-order chi connectivity index (χ1) is 6.41. The molecule has 0 aromatic carbocycles. The van der Waals surface area contributed by atoms with Crippen molar-refractivity contribution in [2.24, 2.45) is 0 Å². The first-order valence-corrected chi connectivity index (χ1v) is 4.77. The normalized spacial score (nSPS) is 12.9. The molecule has 15 heavy (non-hydrogen) atoms. The van der Waals surface area contributed by atoms with Crippen LogP contribution in [0.4, 0.5) is 12.9 Å². The third-order valence-electron chi connectivity index (χ3n) is 1.93. The molecule has 7 heteroatoms. The number of carbonyl (C=O) groups excluding carboxylic acids is 1. The van der Waals surface area contributed by atoms with Crippen molar-refractivity contribution in [3.63, 3.8) is 0 Å². The van der Waals surface area contributed by atoms with Crippen LogP contribution in [0.3, 0.4) is 0 Å². The summed E-state index contributed by atoms with van der Waals surface area (Å²) in [6.45, 7) is -1.56. The average Bonchev–Trinajstić information content (AvgIpc) is 2.02. The fraction of sp³-hybridized carbons (Fsp3) is 0.875. The molecular formula is C8H15BF3KO2. The Balaban J connectivity index is 0. The third kappa shape index (κ3) is 8.74. The van der Waals surface area contributed by atoms with Gasteiger partial charge in [0.15, 0.2) is 0 Å². The molecule has 0 saturated heterocycles. The molecule has 0 heterocycles. The number of hydrogen-bond acceptors (Lipinski definition) is 2. The number of hydrogen-bond donors (Lipinski definition) is 0. The minimum absolute atomic E-state index is 0. The largest absolute Gasteiger partial charge is 1.00 e. The topological polar surface area (TPSA) is 26.3 Å². The van der Waals surface area contributed by atoms with E-state index in [4.69, 9.17) is 0 Å². The van der Waals surface area contributed by atoms with Crippen LogP contribution in [0.25, 0.3) is 0 Å². The van der Waals surface area contributed by atoms with E-state index in [0.717, 1.165) is 0 Å². The second-order valence-corrected chi connectivity index (χ2v) is 3.18. The summed E-state index contributed by atoms with van der Waals surface area (Å²) in [6, 6.07) is 0. The Morgan fingerprint density at radius 1 is 1.33 bits per heavy atom. The minimum Gasteiger partial charge on any atom is -0.466 e. The van der Waals surface area contributed by atoms with Gasteiger partial charge in [-0.25, -0.2) is 0 Å². The van der Waals surface area contributed by atoms with Crippen molar-refractivity contribution in [1.82, 2.24) is 0 Å². The van der Waals surface area contributed by atoms with Crippen molar-refractivity contribution in [3.05, 3.63) is 0 Å². The Morgan fingerprint density at radius 2 is 1.87 bits per heavy atom. The summed E-state index contributed by atoms with van der Waals surface area (Å²) in [5.41, 5.74) is 0. The molecule has 0 bridgehead atoms. The summed E-state index contributed by atoms with van der Waals surface area (Å²) in [5.74, 6) is -2.26. The Morgan fingerprint density at radius 3 is 2.20 bits per heavy atom. The van der Waals surface area contributed by atoms with Crippen LogP contribution in [0, 0.1) is 0 Å². The van der Waals surface area contributed by atoms with Crippen molar-refractivity contribution in [2.75, 3.05) is 6.61 Å². The van der Waals surface area contributed by atoms with Gasteiger partial charge in [0.1, 0.15) is 0 Å². The van der Waals surface area contributed by atoms with Crippen molar-refractivity contribution in [3.8, 4) is 0 Å². The maximum atomic E-state index is 12.4. The van der Waals surface area contributed by atoms with Gasteiger partial charge in [-0.15, -0.1) is 0 Å². The van der Waals surface area contributed by atoms with Gasteiger partial charge in [0.25, 0.3) is 0 Å². The van der Waals surface area contributed by atoms with Crippen LogP contribution < -0.4 is 51.4 Å².